The Morgan fingerprint density at radius 2 is 2.21 bits per heavy atom. The number of nitrogens with zero attached hydrogens (tertiary/aromatic N) is 1. The summed E-state index contributed by atoms with van der Waals surface area (Å²) in [6.45, 7) is 2.90. The fraction of sp³-hybridized carbons (Fsp3) is 0.500. The van der Waals surface area contributed by atoms with Crippen molar-refractivity contribution in [3.63, 3.8) is 0 Å². The monoisotopic (exact) mass is 266 g/mol. The number of carbonyl (C=O) groups excluding carboxylic acids is 1. The zero-order chi connectivity index (χ0) is 13.7. The summed E-state index contributed by atoms with van der Waals surface area (Å²) < 4.78 is 18.3. The molecule has 1 amide bonds. The van der Waals surface area contributed by atoms with Gasteiger partial charge >= 0.3 is 0 Å². The molecule has 1 saturated heterocycles. The Balaban J connectivity index is 1.83. The van der Waals surface area contributed by atoms with Crippen molar-refractivity contribution in [1.29, 1.82) is 0 Å². The van der Waals surface area contributed by atoms with E-state index >= 15 is 0 Å². The Bertz CT molecular complexity index is 416. The van der Waals surface area contributed by atoms with Crippen molar-refractivity contribution >= 4 is 5.91 Å². The van der Waals surface area contributed by atoms with Crippen molar-refractivity contribution in [2.45, 2.75) is 12.5 Å². The van der Waals surface area contributed by atoms with Crippen LogP contribution in [-0.4, -0.2) is 50.2 Å². The normalized spacial score (nSPS) is 19.2. The van der Waals surface area contributed by atoms with Gasteiger partial charge < -0.3 is 15.0 Å². The van der Waals surface area contributed by atoms with E-state index in [1.807, 2.05) is 0 Å². The minimum atomic E-state index is -0.286. The van der Waals surface area contributed by atoms with E-state index in [9.17, 15) is 9.18 Å². The third-order valence-electron chi connectivity index (χ3n) is 3.18. The number of morpholine rings is 1. The highest BCUT2D eigenvalue weighted by Gasteiger charge is 2.18. The Morgan fingerprint density at radius 3 is 2.84 bits per heavy atom. The van der Waals surface area contributed by atoms with Crippen LogP contribution in [0.3, 0.4) is 0 Å². The van der Waals surface area contributed by atoms with Crippen LogP contribution in [0.25, 0.3) is 0 Å². The molecule has 1 aliphatic heterocycles. The molecular weight excluding hydrogens is 247 g/mol. The van der Waals surface area contributed by atoms with Crippen LogP contribution in [0.15, 0.2) is 24.3 Å². The van der Waals surface area contributed by atoms with E-state index < -0.39 is 0 Å². The molecule has 1 heterocycles. The molecule has 1 N–H and O–H groups in total. The predicted molar refractivity (Wildman–Crippen MR) is 70.4 cm³/mol. The van der Waals surface area contributed by atoms with E-state index in [1.54, 1.807) is 24.1 Å². The van der Waals surface area contributed by atoms with Crippen molar-refractivity contribution < 1.29 is 13.9 Å². The van der Waals surface area contributed by atoms with Gasteiger partial charge in [-0.25, -0.2) is 4.39 Å². The second kappa shape index (κ2) is 6.63. The number of nitrogens with one attached hydrogen (secondary N) is 1. The standard InChI is InChI=1S/C14H19FN2O2/c1-17(10-13-9-16-6-7-19-13)14(18)8-11-2-4-12(15)5-3-11/h2-5,13,16H,6-10H2,1H3. The van der Waals surface area contributed by atoms with Gasteiger partial charge in [0.25, 0.3) is 0 Å². The Kier molecular flexibility index (Phi) is 4.87. The van der Waals surface area contributed by atoms with Crippen molar-refractivity contribution in [2.24, 2.45) is 0 Å². The lowest BCUT2D eigenvalue weighted by molar-refractivity contribution is -0.131. The van der Waals surface area contributed by atoms with Crippen LogP contribution in [0.4, 0.5) is 4.39 Å². The first-order chi connectivity index (χ1) is 9.15. The first kappa shape index (κ1) is 14.0. The number of benzene rings is 1. The van der Waals surface area contributed by atoms with Crippen LogP contribution in [0.2, 0.25) is 0 Å². The van der Waals surface area contributed by atoms with Crippen LogP contribution < -0.4 is 5.32 Å². The van der Waals surface area contributed by atoms with Gasteiger partial charge in [0.05, 0.1) is 19.1 Å². The van der Waals surface area contributed by atoms with Crippen LogP contribution in [0.5, 0.6) is 0 Å². The fourth-order valence-corrected chi connectivity index (χ4v) is 2.06. The summed E-state index contributed by atoms with van der Waals surface area (Å²) in [5.41, 5.74) is 0.820. The second-order valence-electron chi connectivity index (χ2n) is 4.77. The SMILES string of the molecule is CN(CC1CNCCO1)C(=O)Cc1ccc(F)cc1. The minimum absolute atomic E-state index is 0.0146. The fourth-order valence-electron chi connectivity index (χ4n) is 2.06. The maximum Gasteiger partial charge on any atom is 0.226 e. The molecule has 4 nitrogen and oxygen atoms in total. The number of ether oxygens (including phenoxy) is 1. The van der Waals surface area contributed by atoms with Crippen molar-refractivity contribution in [3.05, 3.63) is 35.6 Å². The summed E-state index contributed by atoms with van der Waals surface area (Å²) >= 11 is 0. The number of carbonyl (C=O) groups is 1. The van der Waals surface area contributed by atoms with E-state index in [1.165, 1.54) is 12.1 Å². The molecular formula is C14H19FN2O2. The Hall–Kier alpha value is -1.46. The van der Waals surface area contributed by atoms with Gasteiger partial charge in [-0.1, -0.05) is 12.1 Å². The molecule has 0 aliphatic carbocycles. The predicted octanol–water partition coefficient (Wildman–Crippen LogP) is 0.815. The van der Waals surface area contributed by atoms with Gasteiger partial charge in [0, 0.05) is 26.7 Å². The second-order valence-corrected chi connectivity index (χ2v) is 4.77. The molecule has 0 bridgehead atoms. The molecule has 0 spiro atoms. The topological polar surface area (TPSA) is 41.6 Å². The van der Waals surface area contributed by atoms with E-state index in [0.29, 0.717) is 13.2 Å². The largest absolute Gasteiger partial charge is 0.374 e. The minimum Gasteiger partial charge on any atom is -0.374 e. The number of hydrogen-bond acceptors (Lipinski definition) is 3. The molecule has 0 radical (unpaired) electrons. The summed E-state index contributed by atoms with van der Waals surface area (Å²) in [6.07, 6.45) is 0.340. The highest BCUT2D eigenvalue weighted by Crippen LogP contribution is 2.06. The van der Waals surface area contributed by atoms with E-state index in [4.69, 9.17) is 4.74 Å². The highest BCUT2D eigenvalue weighted by atomic mass is 19.1. The van der Waals surface area contributed by atoms with Gasteiger partial charge in [-0.3, -0.25) is 4.79 Å². The number of hydrogen-bond donors (Lipinski definition) is 1. The molecule has 0 saturated carbocycles. The number of likely N-dealkylation sites (N-methyl/N-ethyl adjacent to an activating group) is 1. The molecule has 1 unspecified atom stereocenters. The number of amides is 1. The lowest BCUT2D eigenvalue weighted by atomic mass is 10.1. The highest BCUT2D eigenvalue weighted by molar-refractivity contribution is 5.78. The molecule has 1 aromatic carbocycles. The van der Waals surface area contributed by atoms with Crippen molar-refractivity contribution in [2.75, 3.05) is 33.3 Å². The maximum absolute atomic E-state index is 12.8. The third kappa shape index (κ3) is 4.29. The summed E-state index contributed by atoms with van der Waals surface area (Å²) in [6, 6.07) is 6.02. The summed E-state index contributed by atoms with van der Waals surface area (Å²) in [5.74, 6) is -0.271. The lowest BCUT2D eigenvalue weighted by Crippen LogP contribution is -2.46. The maximum atomic E-state index is 12.8. The zero-order valence-electron chi connectivity index (χ0n) is 11.1. The molecule has 1 fully saturated rings. The third-order valence-corrected chi connectivity index (χ3v) is 3.18. The van der Waals surface area contributed by atoms with E-state index in [0.717, 1.165) is 18.7 Å². The molecule has 104 valence electrons. The molecule has 1 aromatic rings. The summed E-state index contributed by atoms with van der Waals surface area (Å²) in [5, 5.41) is 3.23. The van der Waals surface area contributed by atoms with Crippen LogP contribution in [0.1, 0.15) is 5.56 Å². The molecule has 19 heavy (non-hydrogen) atoms. The average molecular weight is 266 g/mol. The van der Waals surface area contributed by atoms with Crippen molar-refractivity contribution in [1.82, 2.24) is 10.2 Å². The average Bonchev–Trinajstić information content (AvgIpc) is 2.42. The zero-order valence-corrected chi connectivity index (χ0v) is 11.1. The molecule has 1 aliphatic rings. The Morgan fingerprint density at radius 1 is 1.47 bits per heavy atom. The van der Waals surface area contributed by atoms with Gasteiger partial charge in [-0.15, -0.1) is 0 Å². The van der Waals surface area contributed by atoms with Crippen LogP contribution in [-0.2, 0) is 16.0 Å². The van der Waals surface area contributed by atoms with Gasteiger partial charge in [0.2, 0.25) is 5.91 Å². The van der Waals surface area contributed by atoms with Crippen molar-refractivity contribution in [3.8, 4) is 0 Å². The first-order valence-electron chi connectivity index (χ1n) is 6.46. The first-order valence-corrected chi connectivity index (χ1v) is 6.46. The molecule has 1 atom stereocenters. The quantitative estimate of drug-likeness (QED) is 0.877. The molecule has 0 aromatic heterocycles. The molecule has 5 heteroatoms. The lowest BCUT2D eigenvalue weighted by Gasteiger charge is -2.28. The number of halogens is 1. The van der Waals surface area contributed by atoms with Gasteiger partial charge in [0.15, 0.2) is 0 Å². The number of rotatable bonds is 4. The smallest absolute Gasteiger partial charge is 0.226 e. The van der Waals surface area contributed by atoms with Gasteiger partial charge in [0.1, 0.15) is 5.82 Å². The van der Waals surface area contributed by atoms with E-state index in [2.05, 4.69) is 5.32 Å². The Labute approximate surface area is 112 Å². The van der Waals surface area contributed by atoms with Gasteiger partial charge in [-0.2, -0.15) is 0 Å². The molecule has 2 rings (SSSR count). The van der Waals surface area contributed by atoms with Crippen LogP contribution in [0, 0.1) is 5.82 Å². The summed E-state index contributed by atoms with van der Waals surface area (Å²) in [4.78, 5) is 13.7. The van der Waals surface area contributed by atoms with E-state index in [-0.39, 0.29) is 24.2 Å². The van der Waals surface area contributed by atoms with Gasteiger partial charge in [-0.05, 0) is 17.7 Å². The summed E-state index contributed by atoms with van der Waals surface area (Å²) in [7, 11) is 1.77. The van der Waals surface area contributed by atoms with Crippen LogP contribution >= 0.6 is 0 Å².